The molecule has 1 heterocycles. The number of nitrogens with zero attached hydrogens (tertiary/aromatic N) is 1. The van der Waals surface area contributed by atoms with Crippen molar-refractivity contribution in [3.63, 3.8) is 0 Å². The fourth-order valence-electron chi connectivity index (χ4n) is 4.00. The van der Waals surface area contributed by atoms with Gasteiger partial charge in [-0.3, -0.25) is 0 Å². The molecular weight excluding hydrogens is 236 g/mol. The lowest BCUT2D eigenvalue weighted by Gasteiger charge is -2.39. The Morgan fingerprint density at radius 2 is 2.00 bits per heavy atom. The third-order valence-corrected chi connectivity index (χ3v) is 5.34. The van der Waals surface area contributed by atoms with Gasteiger partial charge in [-0.25, -0.2) is 0 Å². The minimum Gasteiger partial charge on any atom is -0.381 e. The van der Waals surface area contributed by atoms with Crippen LogP contribution in [0, 0.1) is 11.3 Å². The van der Waals surface area contributed by atoms with Crippen LogP contribution in [0.2, 0.25) is 0 Å². The summed E-state index contributed by atoms with van der Waals surface area (Å²) < 4.78 is 5.67. The molecule has 19 heavy (non-hydrogen) atoms. The summed E-state index contributed by atoms with van der Waals surface area (Å²) in [6, 6.07) is 0.803. The van der Waals surface area contributed by atoms with Crippen LogP contribution in [0.5, 0.6) is 0 Å². The fourth-order valence-corrected chi connectivity index (χ4v) is 4.00. The lowest BCUT2D eigenvalue weighted by atomic mass is 9.82. The summed E-state index contributed by atoms with van der Waals surface area (Å²) in [7, 11) is 4.39. The van der Waals surface area contributed by atoms with Crippen LogP contribution in [0.3, 0.4) is 0 Å². The molecule has 1 saturated carbocycles. The Morgan fingerprint density at radius 1 is 1.26 bits per heavy atom. The van der Waals surface area contributed by atoms with Crippen LogP contribution in [-0.4, -0.2) is 51.3 Å². The van der Waals surface area contributed by atoms with Gasteiger partial charge in [-0.1, -0.05) is 13.3 Å². The van der Waals surface area contributed by atoms with Crippen molar-refractivity contribution in [1.82, 2.24) is 10.2 Å². The highest BCUT2D eigenvalue weighted by Gasteiger charge is 2.37. The molecule has 2 fully saturated rings. The first-order chi connectivity index (χ1) is 9.19. The highest BCUT2D eigenvalue weighted by molar-refractivity contribution is 4.90. The Hall–Kier alpha value is -0.120. The lowest BCUT2D eigenvalue weighted by Crippen LogP contribution is -2.47. The van der Waals surface area contributed by atoms with E-state index in [-0.39, 0.29) is 0 Å². The summed E-state index contributed by atoms with van der Waals surface area (Å²) in [4.78, 5) is 2.62. The second kappa shape index (κ2) is 7.05. The van der Waals surface area contributed by atoms with Gasteiger partial charge in [0, 0.05) is 31.2 Å². The van der Waals surface area contributed by atoms with E-state index >= 15 is 0 Å². The SMILES string of the molecule is CCC1CCC(N(C)CC2(CNC)CCOC2)CC1. The van der Waals surface area contributed by atoms with Gasteiger partial charge in [0.15, 0.2) is 0 Å². The molecule has 0 aromatic heterocycles. The molecule has 2 rings (SSSR count). The summed E-state index contributed by atoms with van der Waals surface area (Å²) in [6.45, 7) is 6.49. The van der Waals surface area contributed by atoms with Gasteiger partial charge in [-0.05, 0) is 52.1 Å². The largest absolute Gasteiger partial charge is 0.381 e. The first-order valence-corrected chi connectivity index (χ1v) is 8.12. The Labute approximate surface area is 119 Å². The molecule has 112 valence electrons. The Balaban J connectivity index is 1.84. The van der Waals surface area contributed by atoms with E-state index in [4.69, 9.17) is 4.74 Å². The Morgan fingerprint density at radius 3 is 2.53 bits per heavy atom. The highest BCUT2D eigenvalue weighted by atomic mass is 16.5. The van der Waals surface area contributed by atoms with Crippen molar-refractivity contribution in [1.29, 1.82) is 0 Å². The van der Waals surface area contributed by atoms with Crippen LogP contribution in [0.25, 0.3) is 0 Å². The van der Waals surface area contributed by atoms with Crippen LogP contribution in [-0.2, 0) is 4.74 Å². The molecule has 0 aromatic carbocycles. The van der Waals surface area contributed by atoms with Crippen molar-refractivity contribution in [3.05, 3.63) is 0 Å². The first-order valence-electron chi connectivity index (χ1n) is 8.12. The van der Waals surface area contributed by atoms with Crippen molar-refractivity contribution in [3.8, 4) is 0 Å². The molecule has 3 nitrogen and oxygen atoms in total. The zero-order chi connectivity index (χ0) is 13.7. The predicted octanol–water partition coefficient (Wildman–Crippen LogP) is 2.51. The van der Waals surface area contributed by atoms with E-state index in [0.29, 0.717) is 5.41 Å². The maximum Gasteiger partial charge on any atom is 0.0547 e. The predicted molar refractivity (Wildman–Crippen MR) is 80.5 cm³/mol. The summed E-state index contributed by atoms with van der Waals surface area (Å²) in [5.74, 6) is 0.991. The van der Waals surface area contributed by atoms with Gasteiger partial charge < -0.3 is 15.0 Å². The van der Waals surface area contributed by atoms with E-state index in [1.54, 1.807) is 0 Å². The van der Waals surface area contributed by atoms with E-state index < -0.39 is 0 Å². The third-order valence-electron chi connectivity index (χ3n) is 5.34. The second-order valence-electron chi connectivity index (χ2n) is 6.83. The summed E-state index contributed by atoms with van der Waals surface area (Å²) in [6.07, 6.45) is 8.23. The average molecular weight is 268 g/mol. The number of hydrogen-bond donors (Lipinski definition) is 1. The van der Waals surface area contributed by atoms with E-state index in [0.717, 1.165) is 31.7 Å². The number of ether oxygens (including phenoxy) is 1. The molecule has 1 N–H and O–H groups in total. The normalized spacial score (nSPS) is 36.0. The minimum atomic E-state index is 0.352. The maximum atomic E-state index is 5.67. The van der Waals surface area contributed by atoms with Gasteiger partial charge in [0.1, 0.15) is 0 Å². The fraction of sp³-hybridized carbons (Fsp3) is 1.00. The number of rotatable bonds is 6. The molecule has 1 aliphatic carbocycles. The molecule has 0 bridgehead atoms. The summed E-state index contributed by atoms with van der Waals surface area (Å²) in [5, 5.41) is 3.37. The molecule has 0 amide bonds. The van der Waals surface area contributed by atoms with Crippen molar-refractivity contribution >= 4 is 0 Å². The van der Waals surface area contributed by atoms with E-state index in [9.17, 15) is 0 Å². The Kier molecular flexibility index (Phi) is 5.67. The molecule has 3 heteroatoms. The second-order valence-corrected chi connectivity index (χ2v) is 6.83. The zero-order valence-electron chi connectivity index (χ0n) is 13.1. The first kappa shape index (κ1) is 15.3. The van der Waals surface area contributed by atoms with E-state index in [2.05, 4.69) is 31.2 Å². The molecule has 0 radical (unpaired) electrons. The smallest absolute Gasteiger partial charge is 0.0547 e. The molecular formula is C16H32N2O. The molecule has 1 unspecified atom stereocenters. The lowest BCUT2D eigenvalue weighted by molar-refractivity contribution is 0.0833. The van der Waals surface area contributed by atoms with Gasteiger partial charge in [-0.2, -0.15) is 0 Å². The topological polar surface area (TPSA) is 24.5 Å². The summed E-state index contributed by atoms with van der Waals surface area (Å²) in [5.41, 5.74) is 0.352. The Bertz CT molecular complexity index is 255. The molecule has 1 atom stereocenters. The molecule has 1 aliphatic heterocycles. The monoisotopic (exact) mass is 268 g/mol. The van der Waals surface area contributed by atoms with Crippen LogP contribution in [0.4, 0.5) is 0 Å². The molecule has 0 aromatic rings. The van der Waals surface area contributed by atoms with Crippen molar-refractivity contribution in [2.24, 2.45) is 11.3 Å². The van der Waals surface area contributed by atoms with Gasteiger partial charge in [0.05, 0.1) is 6.61 Å². The molecule has 0 spiro atoms. The van der Waals surface area contributed by atoms with Crippen molar-refractivity contribution < 1.29 is 4.74 Å². The third kappa shape index (κ3) is 3.93. The number of hydrogen-bond acceptors (Lipinski definition) is 3. The molecule has 2 aliphatic rings. The van der Waals surface area contributed by atoms with Crippen molar-refractivity contribution in [2.75, 3.05) is 40.4 Å². The van der Waals surface area contributed by atoms with Crippen LogP contribution in [0.1, 0.15) is 45.4 Å². The highest BCUT2D eigenvalue weighted by Crippen LogP contribution is 2.33. The van der Waals surface area contributed by atoms with Crippen LogP contribution >= 0.6 is 0 Å². The standard InChI is InChI=1S/C16H32N2O/c1-4-14-5-7-15(8-6-14)18(3)12-16(11-17-2)9-10-19-13-16/h14-15,17H,4-13H2,1-3H3. The summed E-state index contributed by atoms with van der Waals surface area (Å²) >= 11 is 0. The minimum absolute atomic E-state index is 0.352. The van der Waals surface area contributed by atoms with Gasteiger partial charge in [0.2, 0.25) is 0 Å². The zero-order valence-corrected chi connectivity index (χ0v) is 13.1. The van der Waals surface area contributed by atoms with Gasteiger partial charge in [-0.15, -0.1) is 0 Å². The maximum absolute atomic E-state index is 5.67. The average Bonchev–Trinajstić information content (AvgIpc) is 2.87. The molecule has 1 saturated heterocycles. The van der Waals surface area contributed by atoms with Gasteiger partial charge in [0.25, 0.3) is 0 Å². The van der Waals surface area contributed by atoms with E-state index in [1.807, 2.05) is 0 Å². The van der Waals surface area contributed by atoms with Crippen LogP contribution in [0.15, 0.2) is 0 Å². The van der Waals surface area contributed by atoms with Crippen molar-refractivity contribution in [2.45, 2.75) is 51.5 Å². The quantitative estimate of drug-likeness (QED) is 0.801. The van der Waals surface area contributed by atoms with E-state index in [1.165, 1.54) is 45.1 Å². The number of nitrogens with one attached hydrogen (secondary N) is 1. The van der Waals surface area contributed by atoms with Gasteiger partial charge >= 0.3 is 0 Å². The van der Waals surface area contributed by atoms with Crippen LogP contribution < -0.4 is 5.32 Å².